The van der Waals surface area contributed by atoms with Gasteiger partial charge in [-0.15, -0.1) is 0 Å². The maximum absolute atomic E-state index is 14.0. The van der Waals surface area contributed by atoms with E-state index in [1.165, 1.54) is 18.2 Å². The summed E-state index contributed by atoms with van der Waals surface area (Å²) < 4.78 is 42.0. The average Bonchev–Trinajstić information content (AvgIpc) is 3.05. The Morgan fingerprint density at radius 3 is 2.30 bits per heavy atom. The smallest absolute Gasteiger partial charge is 0.374 e. The molecule has 0 aromatic heterocycles. The van der Waals surface area contributed by atoms with Gasteiger partial charge in [-0.2, -0.15) is 13.2 Å². The number of benzene rings is 2. The van der Waals surface area contributed by atoms with Crippen LogP contribution in [0.15, 0.2) is 41.6 Å². The van der Waals surface area contributed by atoms with Gasteiger partial charge in [-0.3, -0.25) is 4.79 Å². The van der Waals surface area contributed by atoms with Crippen LogP contribution in [0.1, 0.15) is 27.9 Å². The van der Waals surface area contributed by atoms with Gasteiger partial charge in [0, 0.05) is 23.1 Å². The lowest BCUT2D eigenvalue weighted by Gasteiger charge is -2.30. The fourth-order valence-electron chi connectivity index (χ4n) is 2.79. The summed E-state index contributed by atoms with van der Waals surface area (Å²) in [6.45, 7) is 0. The van der Waals surface area contributed by atoms with Crippen LogP contribution >= 0.6 is 34.8 Å². The summed E-state index contributed by atoms with van der Waals surface area (Å²) >= 11 is 17.6. The summed E-state index contributed by atoms with van der Waals surface area (Å²) in [4.78, 5) is 16.5. The number of nitrogens with zero attached hydrogens (tertiary/aromatic N) is 1. The van der Waals surface area contributed by atoms with Crippen molar-refractivity contribution in [1.82, 2.24) is 0 Å². The largest absolute Gasteiger partial charge is 0.435 e. The van der Waals surface area contributed by atoms with Crippen molar-refractivity contribution in [2.75, 3.05) is 0 Å². The van der Waals surface area contributed by atoms with Gasteiger partial charge in [-0.25, -0.2) is 0 Å². The number of carbonyl (C=O) groups excluding carboxylic acids is 1. The molecule has 3 rings (SSSR count). The minimum Gasteiger partial charge on any atom is -0.374 e. The number of rotatable bonds is 3. The minimum atomic E-state index is -4.86. The minimum absolute atomic E-state index is 0.0324. The molecule has 4 nitrogen and oxygen atoms in total. The molecule has 2 aromatic carbocycles. The van der Waals surface area contributed by atoms with Crippen LogP contribution in [0.5, 0.6) is 0 Å². The Bertz CT molecular complexity index is 940. The van der Waals surface area contributed by atoms with E-state index < -0.39 is 24.1 Å². The first kappa shape index (κ1) is 19.8. The summed E-state index contributed by atoms with van der Waals surface area (Å²) in [5, 5.41) is 3.21. The number of amides is 1. The van der Waals surface area contributed by atoms with Gasteiger partial charge in [0.1, 0.15) is 0 Å². The van der Waals surface area contributed by atoms with Crippen molar-refractivity contribution in [2.45, 2.75) is 18.2 Å². The van der Waals surface area contributed by atoms with E-state index in [4.69, 9.17) is 45.4 Å². The highest BCUT2D eigenvalue weighted by Crippen LogP contribution is 2.50. The highest BCUT2D eigenvalue weighted by molar-refractivity contribution is 6.48. The molecule has 0 radical (unpaired) electrons. The molecular weight excluding hydrogens is 428 g/mol. The van der Waals surface area contributed by atoms with Crippen molar-refractivity contribution in [3.05, 3.63) is 68.2 Å². The number of halogens is 6. The Morgan fingerprint density at radius 2 is 1.74 bits per heavy atom. The standard InChI is InChI=1S/C17H10Cl3F3N2O2/c18-11-5-8(6-12(19)14(11)20)16(17(21,22)23)7-13(25-27-16)9-3-1-2-4-10(9)15(24)26/h1-6H,7H2,(H2,24,26)/t16-/m0/s1. The van der Waals surface area contributed by atoms with Gasteiger partial charge in [0.05, 0.1) is 20.8 Å². The molecule has 1 aliphatic heterocycles. The highest BCUT2D eigenvalue weighted by Gasteiger charge is 2.62. The van der Waals surface area contributed by atoms with Gasteiger partial charge >= 0.3 is 6.18 Å². The molecule has 2 N–H and O–H groups in total. The SMILES string of the molecule is NC(=O)c1ccccc1C1=NO[C@@](c2cc(Cl)c(Cl)c(Cl)c2)(C(F)(F)F)C1. The summed E-state index contributed by atoms with van der Waals surface area (Å²) in [6, 6.07) is 7.98. The van der Waals surface area contributed by atoms with Crippen LogP contribution in [0, 0.1) is 0 Å². The van der Waals surface area contributed by atoms with E-state index in [-0.39, 0.29) is 37.5 Å². The third-order valence-electron chi connectivity index (χ3n) is 4.14. The first-order valence-electron chi connectivity index (χ1n) is 7.43. The third kappa shape index (κ3) is 3.35. The second-order valence-electron chi connectivity index (χ2n) is 5.79. The van der Waals surface area contributed by atoms with Gasteiger partial charge in [-0.05, 0) is 18.2 Å². The summed E-state index contributed by atoms with van der Waals surface area (Å²) in [6.07, 6.45) is -5.56. The molecule has 0 fully saturated rings. The summed E-state index contributed by atoms with van der Waals surface area (Å²) in [5.74, 6) is -0.796. The van der Waals surface area contributed by atoms with E-state index in [2.05, 4.69) is 5.16 Å². The Balaban J connectivity index is 2.11. The lowest BCUT2D eigenvalue weighted by Crippen LogP contribution is -2.42. The Kier molecular flexibility index (Phi) is 5.05. The van der Waals surface area contributed by atoms with Crippen molar-refractivity contribution in [1.29, 1.82) is 0 Å². The second-order valence-corrected chi connectivity index (χ2v) is 6.99. The molecule has 1 atom stereocenters. The van der Waals surface area contributed by atoms with Gasteiger partial charge in [0.2, 0.25) is 5.91 Å². The monoisotopic (exact) mass is 436 g/mol. The van der Waals surface area contributed by atoms with E-state index in [0.717, 1.165) is 12.1 Å². The van der Waals surface area contributed by atoms with E-state index in [1.807, 2.05) is 0 Å². The highest BCUT2D eigenvalue weighted by atomic mass is 35.5. The molecule has 2 aromatic rings. The molecule has 0 saturated heterocycles. The third-order valence-corrected chi connectivity index (χ3v) is 5.34. The van der Waals surface area contributed by atoms with Gasteiger partial charge in [0.25, 0.3) is 5.60 Å². The van der Waals surface area contributed by atoms with Crippen molar-refractivity contribution >= 4 is 46.4 Å². The van der Waals surface area contributed by atoms with Crippen LogP contribution in [-0.2, 0) is 10.4 Å². The van der Waals surface area contributed by atoms with E-state index in [1.54, 1.807) is 6.07 Å². The topological polar surface area (TPSA) is 64.7 Å². The van der Waals surface area contributed by atoms with E-state index in [9.17, 15) is 18.0 Å². The van der Waals surface area contributed by atoms with Crippen molar-refractivity contribution in [3.63, 3.8) is 0 Å². The Labute approximate surface area is 166 Å². The number of hydrogen-bond acceptors (Lipinski definition) is 3. The van der Waals surface area contributed by atoms with Crippen LogP contribution in [-0.4, -0.2) is 17.8 Å². The van der Waals surface area contributed by atoms with Crippen LogP contribution in [0.2, 0.25) is 15.1 Å². The second kappa shape index (κ2) is 6.89. The van der Waals surface area contributed by atoms with Crippen molar-refractivity contribution in [2.24, 2.45) is 10.9 Å². The predicted octanol–water partition coefficient (Wildman–Crippen LogP) is 5.33. The Morgan fingerprint density at radius 1 is 1.15 bits per heavy atom. The lowest BCUT2D eigenvalue weighted by molar-refractivity contribution is -0.275. The van der Waals surface area contributed by atoms with E-state index in [0.29, 0.717) is 0 Å². The summed E-state index contributed by atoms with van der Waals surface area (Å²) in [7, 11) is 0. The van der Waals surface area contributed by atoms with Crippen LogP contribution in [0.25, 0.3) is 0 Å². The zero-order valence-electron chi connectivity index (χ0n) is 13.3. The van der Waals surface area contributed by atoms with Gasteiger partial charge in [0.15, 0.2) is 0 Å². The number of oxime groups is 1. The molecular formula is C17H10Cl3F3N2O2. The maximum atomic E-state index is 14.0. The molecule has 0 bridgehead atoms. The average molecular weight is 438 g/mol. The van der Waals surface area contributed by atoms with Crippen molar-refractivity contribution < 1.29 is 22.8 Å². The summed E-state index contributed by atoms with van der Waals surface area (Å²) in [5.41, 5.74) is 2.22. The number of carbonyl (C=O) groups is 1. The van der Waals surface area contributed by atoms with Crippen molar-refractivity contribution in [3.8, 4) is 0 Å². The van der Waals surface area contributed by atoms with E-state index >= 15 is 0 Å². The molecule has 1 aliphatic rings. The lowest BCUT2D eigenvalue weighted by atomic mass is 9.85. The predicted molar refractivity (Wildman–Crippen MR) is 96.4 cm³/mol. The molecule has 27 heavy (non-hydrogen) atoms. The quantitative estimate of drug-likeness (QED) is 0.660. The van der Waals surface area contributed by atoms with Crippen LogP contribution in [0.4, 0.5) is 13.2 Å². The fraction of sp³-hybridized carbons (Fsp3) is 0.176. The Hall–Kier alpha value is -1.96. The number of hydrogen-bond donors (Lipinski definition) is 1. The number of primary amides is 1. The molecule has 0 spiro atoms. The molecule has 10 heteroatoms. The number of alkyl halides is 3. The zero-order chi connectivity index (χ0) is 20.0. The fourth-order valence-corrected chi connectivity index (χ4v) is 3.38. The first-order chi connectivity index (χ1) is 12.6. The van der Waals surface area contributed by atoms with Crippen LogP contribution in [0.3, 0.4) is 0 Å². The van der Waals surface area contributed by atoms with Crippen LogP contribution < -0.4 is 5.73 Å². The van der Waals surface area contributed by atoms with Gasteiger partial charge in [-0.1, -0.05) is 58.2 Å². The first-order valence-corrected chi connectivity index (χ1v) is 8.56. The zero-order valence-corrected chi connectivity index (χ0v) is 15.5. The molecule has 0 aliphatic carbocycles. The molecule has 1 amide bonds. The molecule has 0 saturated carbocycles. The van der Waals surface area contributed by atoms with Gasteiger partial charge < -0.3 is 10.6 Å². The molecule has 1 heterocycles. The number of nitrogens with two attached hydrogens (primary N) is 1. The maximum Gasteiger partial charge on any atom is 0.435 e. The normalized spacial score (nSPS) is 19.6. The molecule has 0 unspecified atom stereocenters. The molecule has 142 valence electrons.